The molecule has 0 aliphatic heterocycles. The van der Waals surface area contributed by atoms with Crippen LogP contribution in [0.3, 0.4) is 0 Å². The van der Waals surface area contributed by atoms with E-state index in [2.05, 4.69) is 0 Å². The first-order chi connectivity index (χ1) is 9.51. The Hall–Kier alpha value is -0.330. The third-order valence-corrected chi connectivity index (χ3v) is 5.80. The minimum atomic E-state index is -3.62. The van der Waals surface area contributed by atoms with Gasteiger partial charge < -0.3 is 5.73 Å². The number of hydrogen-bond donors (Lipinski definition) is 1. The molecule has 22 heavy (non-hydrogen) atoms. The third-order valence-electron chi connectivity index (χ3n) is 3.51. The first kappa shape index (κ1) is 21.7. The quantitative estimate of drug-likeness (QED) is 0.835. The smallest absolute Gasteiger partial charge is 0.244 e. The van der Waals surface area contributed by atoms with Gasteiger partial charge in [0, 0.05) is 13.6 Å². The van der Waals surface area contributed by atoms with Gasteiger partial charge in [-0.2, -0.15) is 0 Å². The lowest BCUT2D eigenvalue weighted by atomic mass is 9.94. The molecular formula is C15H26Cl2N2O2S. The Balaban J connectivity index is 0.00000441. The van der Waals surface area contributed by atoms with E-state index >= 15 is 0 Å². The zero-order valence-electron chi connectivity index (χ0n) is 13.8. The van der Waals surface area contributed by atoms with Crippen molar-refractivity contribution in [3.8, 4) is 0 Å². The summed E-state index contributed by atoms with van der Waals surface area (Å²) in [6.07, 6.45) is 0. The summed E-state index contributed by atoms with van der Waals surface area (Å²) in [4.78, 5) is 0.158. The van der Waals surface area contributed by atoms with E-state index in [4.69, 9.17) is 17.3 Å². The van der Waals surface area contributed by atoms with Crippen molar-refractivity contribution in [1.82, 2.24) is 4.31 Å². The minimum Gasteiger partial charge on any atom is -0.330 e. The molecule has 0 aliphatic carbocycles. The van der Waals surface area contributed by atoms with Crippen LogP contribution in [0.15, 0.2) is 23.1 Å². The largest absolute Gasteiger partial charge is 0.330 e. The van der Waals surface area contributed by atoms with Crippen LogP contribution < -0.4 is 5.73 Å². The monoisotopic (exact) mass is 368 g/mol. The molecule has 7 heteroatoms. The van der Waals surface area contributed by atoms with Crippen LogP contribution in [0.2, 0.25) is 5.02 Å². The molecule has 0 saturated carbocycles. The Morgan fingerprint density at radius 1 is 1.32 bits per heavy atom. The van der Waals surface area contributed by atoms with Crippen molar-refractivity contribution in [2.75, 3.05) is 20.1 Å². The lowest BCUT2D eigenvalue weighted by molar-refractivity contribution is 0.292. The predicted molar refractivity (Wildman–Crippen MR) is 95.4 cm³/mol. The highest BCUT2D eigenvalue weighted by atomic mass is 35.5. The summed E-state index contributed by atoms with van der Waals surface area (Å²) in [6, 6.07) is 5.16. The highest BCUT2D eigenvalue weighted by Crippen LogP contribution is 2.29. The van der Waals surface area contributed by atoms with Crippen molar-refractivity contribution in [3.05, 3.63) is 28.8 Å². The molecule has 2 N–H and O–H groups in total. The molecule has 1 rings (SSSR count). The zero-order valence-corrected chi connectivity index (χ0v) is 16.1. The van der Waals surface area contributed by atoms with Gasteiger partial charge in [-0.1, -0.05) is 45.4 Å². The Labute approximate surface area is 145 Å². The van der Waals surface area contributed by atoms with Crippen molar-refractivity contribution in [3.63, 3.8) is 0 Å². The second kappa shape index (κ2) is 7.97. The van der Waals surface area contributed by atoms with Crippen molar-refractivity contribution in [2.24, 2.45) is 11.1 Å². The molecule has 0 radical (unpaired) electrons. The topological polar surface area (TPSA) is 63.4 Å². The van der Waals surface area contributed by atoms with Gasteiger partial charge in [0.2, 0.25) is 10.0 Å². The van der Waals surface area contributed by atoms with Crippen LogP contribution in [0, 0.1) is 5.41 Å². The average Bonchev–Trinajstić information content (AvgIpc) is 2.38. The second-order valence-electron chi connectivity index (χ2n) is 6.47. The van der Waals surface area contributed by atoms with E-state index in [9.17, 15) is 8.42 Å². The van der Waals surface area contributed by atoms with Crippen LogP contribution in [0.25, 0.3) is 0 Å². The van der Waals surface area contributed by atoms with Gasteiger partial charge in [-0.15, -0.1) is 12.4 Å². The molecule has 0 bridgehead atoms. The minimum absolute atomic E-state index is 0. The Morgan fingerprint density at radius 3 is 2.32 bits per heavy atom. The van der Waals surface area contributed by atoms with E-state index < -0.39 is 10.0 Å². The third kappa shape index (κ3) is 5.10. The molecule has 0 atom stereocenters. The number of benzene rings is 1. The number of sulfonamides is 1. The predicted octanol–water partition coefficient (Wildman–Crippen LogP) is 3.49. The number of nitrogens with zero attached hydrogens (tertiary/aromatic N) is 1. The second-order valence-corrected chi connectivity index (χ2v) is 8.89. The summed E-state index contributed by atoms with van der Waals surface area (Å²) in [7, 11) is -2.06. The fraction of sp³-hybridized carbons (Fsp3) is 0.600. The van der Waals surface area contributed by atoms with Gasteiger partial charge in [0.15, 0.2) is 0 Å². The van der Waals surface area contributed by atoms with Gasteiger partial charge in [-0.3, -0.25) is 0 Å². The SMILES string of the molecule is CC(C)c1ccc(Cl)c(S(=O)(=O)N(C)CC(C)(C)CN)c1.Cl. The van der Waals surface area contributed by atoms with E-state index in [1.54, 1.807) is 19.2 Å². The summed E-state index contributed by atoms with van der Waals surface area (Å²) in [5.74, 6) is 0.238. The number of halogens is 2. The number of hydrogen-bond acceptors (Lipinski definition) is 3. The molecule has 0 fully saturated rings. The van der Waals surface area contributed by atoms with Crippen LogP contribution in [0.5, 0.6) is 0 Å². The van der Waals surface area contributed by atoms with E-state index in [0.29, 0.717) is 13.1 Å². The van der Waals surface area contributed by atoms with Crippen molar-refractivity contribution < 1.29 is 8.42 Å². The lowest BCUT2D eigenvalue weighted by Crippen LogP contribution is -2.39. The van der Waals surface area contributed by atoms with Gasteiger partial charge in [0.25, 0.3) is 0 Å². The fourth-order valence-corrected chi connectivity index (χ4v) is 3.86. The number of nitrogens with two attached hydrogens (primary N) is 1. The van der Waals surface area contributed by atoms with Gasteiger partial charge >= 0.3 is 0 Å². The van der Waals surface area contributed by atoms with Gasteiger partial charge in [0.05, 0.1) is 5.02 Å². The molecule has 0 unspecified atom stereocenters. The van der Waals surface area contributed by atoms with Gasteiger partial charge in [-0.05, 0) is 35.6 Å². The highest BCUT2D eigenvalue weighted by Gasteiger charge is 2.29. The molecule has 0 aromatic heterocycles. The Bertz CT molecular complexity index is 602. The van der Waals surface area contributed by atoms with E-state index in [0.717, 1.165) is 5.56 Å². The van der Waals surface area contributed by atoms with Crippen LogP contribution in [0.1, 0.15) is 39.2 Å². The molecule has 0 heterocycles. The maximum absolute atomic E-state index is 12.7. The normalized spacial score (nSPS) is 12.6. The van der Waals surface area contributed by atoms with Crippen LogP contribution in [-0.2, 0) is 10.0 Å². The average molecular weight is 369 g/mol. The summed E-state index contributed by atoms with van der Waals surface area (Å²) in [6.45, 7) is 8.65. The Morgan fingerprint density at radius 2 is 1.86 bits per heavy atom. The molecular weight excluding hydrogens is 343 g/mol. The summed E-state index contributed by atoms with van der Waals surface area (Å²) < 4.78 is 26.8. The van der Waals surface area contributed by atoms with Crippen LogP contribution >= 0.6 is 24.0 Å². The molecule has 128 valence electrons. The van der Waals surface area contributed by atoms with Crippen LogP contribution in [0.4, 0.5) is 0 Å². The molecule has 0 aliphatic rings. The maximum atomic E-state index is 12.7. The van der Waals surface area contributed by atoms with Crippen molar-refractivity contribution in [1.29, 1.82) is 0 Å². The zero-order chi connectivity index (χ0) is 16.4. The summed E-state index contributed by atoms with van der Waals surface area (Å²) >= 11 is 6.10. The standard InChI is InChI=1S/C15H25ClN2O2S.ClH/c1-11(2)12-6-7-13(16)14(8-12)21(19,20)18(5)10-15(3,4)9-17;/h6-8,11H,9-10,17H2,1-5H3;1H. The van der Waals surface area contributed by atoms with Crippen molar-refractivity contribution >= 4 is 34.0 Å². The van der Waals surface area contributed by atoms with E-state index in [-0.39, 0.29) is 33.7 Å². The van der Waals surface area contributed by atoms with E-state index in [1.807, 2.05) is 33.8 Å². The molecule has 1 aromatic carbocycles. The molecule has 0 saturated heterocycles. The van der Waals surface area contributed by atoms with Gasteiger partial charge in [-0.25, -0.2) is 12.7 Å². The van der Waals surface area contributed by atoms with Crippen molar-refractivity contribution in [2.45, 2.75) is 38.5 Å². The number of rotatable bonds is 6. The van der Waals surface area contributed by atoms with Gasteiger partial charge in [0.1, 0.15) is 4.90 Å². The highest BCUT2D eigenvalue weighted by molar-refractivity contribution is 7.89. The fourth-order valence-electron chi connectivity index (χ4n) is 2.00. The van der Waals surface area contributed by atoms with Crippen LogP contribution in [-0.4, -0.2) is 32.9 Å². The maximum Gasteiger partial charge on any atom is 0.244 e. The molecule has 4 nitrogen and oxygen atoms in total. The molecule has 0 spiro atoms. The first-order valence-electron chi connectivity index (χ1n) is 6.97. The lowest BCUT2D eigenvalue weighted by Gasteiger charge is -2.28. The molecule has 1 aromatic rings. The first-order valence-corrected chi connectivity index (χ1v) is 8.79. The summed E-state index contributed by atoms with van der Waals surface area (Å²) in [5.41, 5.74) is 6.34. The van der Waals surface area contributed by atoms with E-state index in [1.165, 1.54) is 4.31 Å². The molecule has 0 amide bonds. The Kier molecular flexibility index (Phi) is 7.85. The summed E-state index contributed by atoms with van der Waals surface area (Å²) in [5, 5.41) is 0.247.